The summed E-state index contributed by atoms with van der Waals surface area (Å²) in [5, 5.41) is 32.2. The third-order valence-corrected chi connectivity index (χ3v) is 4.37. The Balaban J connectivity index is 2.35. The van der Waals surface area contributed by atoms with Crippen molar-refractivity contribution in [1.82, 2.24) is 0 Å². The molecule has 3 aromatic rings. The lowest BCUT2D eigenvalue weighted by Gasteiger charge is -2.22. The molecular weight excluding hydrogens is 332 g/mol. The number of nitriles is 1. The Morgan fingerprint density at radius 2 is 1.62 bits per heavy atom. The molecule has 0 spiro atoms. The molecule has 0 radical (unpaired) electrons. The maximum atomic E-state index is 11.7. The molecule has 0 amide bonds. The van der Waals surface area contributed by atoms with E-state index in [4.69, 9.17) is 0 Å². The van der Waals surface area contributed by atoms with Crippen LogP contribution in [0.25, 0.3) is 10.8 Å². The summed E-state index contributed by atoms with van der Waals surface area (Å²) in [4.78, 5) is 22.7. The Labute approximate surface area is 149 Å². The second-order valence-corrected chi connectivity index (χ2v) is 5.81. The molecule has 0 bridgehead atoms. The Bertz CT molecular complexity index is 1030. The number of carboxylic acids is 1. The number of hydrogen-bond donors (Lipinski definition) is 1. The standard InChI is InChI=1S/C20H14N2O4/c21-12-17(20(23)24)19(16-9-3-4-11-18(16)22(25)26)15-10-5-7-13-6-1-2-8-14(13)15/h1-11,17,19H,(H,23,24). The lowest BCUT2D eigenvalue weighted by molar-refractivity contribution is -0.385. The quantitative estimate of drug-likeness (QED) is 0.553. The number of benzene rings is 3. The molecule has 0 saturated heterocycles. The molecule has 0 aliphatic rings. The van der Waals surface area contributed by atoms with Crippen molar-refractivity contribution in [1.29, 1.82) is 5.26 Å². The van der Waals surface area contributed by atoms with Crippen LogP contribution >= 0.6 is 0 Å². The fraction of sp³-hybridized carbons (Fsp3) is 0.100. The van der Waals surface area contributed by atoms with Crippen LogP contribution in [0, 0.1) is 27.4 Å². The first-order valence-electron chi connectivity index (χ1n) is 7.88. The first kappa shape index (κ1) is 17.1. The molecule has 128 valence electrons. The van der Waals surface area contributed by atoms with E-state index in [2.05, 4.69) is 0 Å². The van der Waals surface area contributed by atoms with E-state index in [1.54, 1.807) is 18.2 Å². The highest BCUT2D eigenvalue weighted by atomic mass is 16.6. The van der Waals surface area contributed by atoms with Crippen molar-refractivity contribution in [2.75, 3.05) is 0 Å². The summed E-state index contributed by atoms with van der Waals surface area (Å²) < 4.78 is 0. The van der Waals surface area contributed by atoms with Gasteiger partial charge in [-0.3, -0.25) is 14.9 Å². The number of aliphatic carboxylic acids is 1. The number of para-hydroxylation sites is 1. The topological polar surface area (TPSA) is 104 Å². The van der Waals surface area contributed by atoms with Crippen molar-refractivity contribution >= 4 is 22.4 Å². The van der Waals surface area contributed by atoms with E-state index >= 15 is 0 Å². The van der Waals surface area contributed by atoms with E-state index in [0.717, 1.165) is 10.8 Å². The van der Waals surface area contributed by atoms with Crippen LogP contribution < -0.4 is 0 Å². The van der Waals surface area contributed by atoms with Gasteiger partial charge in [0.1, 0.15) is 0 Å². The Kier molecular flexibility index (Phi) is 4.63. The van der Waals surface area contributed by atoms with Crippen molar-refractivity contribution in [3.05, 3.63) is 88.0 Å². The van der Waals surface area contributed by atoms with Crippen molar-refractivity contribution in [3.63, 3.8) is 0 Å². The number of nitrogens with zero attached hydrogens (tertiary/aromatic N) is 2. The fourth-order valence-corrected chi connectivity index (χ4v) is 3.24. The van der Waals surface area contributed by atoms with Crippen LogP contribution in [-0.4, -0.2) is 16.0 Å². The Hall–Kier alpha value is -3.72. The number of hydrogen-bond acceptors (Lipinski definition) is 4. The third-order valence-electron chi connectivity index (χ3n) is 4.37. The average molecular weight is 346 g/mol. The van der Waals surface area contributed by atoms with E-state index < -0.39 is 22.7 Å². The number of rotatable bonds is 5. The second-order valence-electron chi connectivity index (χ2n) is 5.81. The van der Waals surface area contributed by atoms with Crippen LogP contribution in [0.2, 0.25) is 0 Å². The van der Waals surface area contributed by atoms with Gasteiger partial charge in [0.15, 0.2) is 5.92 Å². The molecule has 1 N–H and O–H groups in total. The summed E-state index contributed by atoms with van der Waals surface area (Å²) in [6, 6.07) is 20.5. The highest BCUT2D eigenvalue weighted by Crippen LogP contribution is 2.40. The van der Waals surface area contributed by atoms with Gasteiger partial charge in [-0.1, -0.05) is 60.7 Å². The van der Waals surface area contributed by atoms with E-state index in [-0.39, 0.29) is 11.3 Å². The fourth-order valence-electron chi connectivity index (χ4n) is 3.24. The van der Waals surface area contributed by atoms with E-state index in [9.17, 15) is 25.3 Å². The second kappa shape index (κ2) is 7.03. The van der Waals surface area contributed by atoms with Gasteiger partial charge in [0.05, 0.1) is 11.0 Å². The molecule has 0 heterocycles. The number of carboxylic acid groups (broad SMARTS) is 1. The van der Waals surface area contributed by atoms with Crippen LogP contribution in [0.1, 0.15) is 17.0 Å². The van der Waals surface area contributed by atoms with Gasteiger partial charge in [0, 0.05) is 17.5 Å². The summed E-state index contributed by atoms with van der Waals surface area (Å²) in [7, 11) is 0. The highest BCUT2D eigenvalue weighted by molar-refractivity contribution is 5.88. The molecule has 2 unspecified atom stereocenters. The van der Waals surface area contributed by atoms with Gasteiger partial charge in [0.2, 0.25) is 0 Å². The van der Waals surface area contributed by atoms with E-state index in [1.165, 1.54) is 18.2 Å². The van der Waals surface area contributed by atoms with Crippen LogP contribution in [0.5, 0.6) is 0 Å². The van der Waals surface area contributed by atoms with Gasteiger partial charge in [-0.15, -0.1) is 0 Å². The number of carbonyl (C=O) groups is 1. The maximum absolute atomic E-state index is 11.7. The zero-order chi connectivity index (χ0) is 18.7. The molecule has 2 atom stereocenters. The normalized spacial score (nSPS) is 12.9. The SMILES string of the molecule is N#CC(C(=O)O)C(c1ccccc1[N+](=O)[O-])c1cccc2ccccc12. The predicted octanol–water partition coefficient (Wildman–Crippen LogP) is 4.10. The predicted molar refractivity (Wildman–Crippen MR) is 95.6 cm³/mol. The lowest BCUT2D eigenvalue weighted by atomic mass is 9.79. The van der Waals surface area contributed by atoms with Gasteiger partial charge < -0.3 is 5.11 Å². The van der Waals surface area contributed by atoms with Crippen molar-refractivity contribution in [3.8, 4) is 6.07 Å². The van der Waals surface area contributed by atoms with Gasteiger partial charge in [-0.2, -0.15) is 5.26 Å². The smallest absolute Gasteiger partial charge is 0.321 e. The molecule has 0 saturated carbocycles. The van der Waals surface area contributed by atoms with Crippen molar-refractivity contribution in [2.45, 2.75) is 5.92 Å². The number of fused-ring (bicyclic) bond motifs is 1. The van der Waals surface area contributed by atoms with Crippen molar-refractivity contribution < 1.29 is 14.8 Å². The molecule has 6 nitrogen and oxygen atoms in total. The minimum Gasteiger partial charge on any atom is -0.480 e. The van der Waals surface area contributed by atoms with Crippen LogP contribution in [0.4, 0.5) is 5.69 Å². The number of nitro groups is 1. The summed E-state index contributed by atoms with van der Waals surface area (Å²) in [5.41, 5.74) is 0.584. The van der Waals surface area contributed by atoms with Gasteiger partial charge >= 0.3 is 5.97 Å². The maximum Gasteiger partial charge on any atom is 0.321 e. The van der Waals surface area contributed by atoms with E-state index in [1.807, 2.05) is 36.4 Å². The minimum atomic E-state index is -1.46. The van der Waals surface area contributed by atoms with Gasteiger partial charge in [0.25, 0.3) is 5.69 Å². The molecule has 26 heavy (non-hydrogen) atoms. The summed E-state index contributed by atoms with van der Waals surface area (Å²) >= 11 is 0. The van der Waals surface area contributed by atoms with Crippen molar-refractivity contribution in [2.24, 2.45) is 5.92 Å². The molecule has 0 aromatic heterocycles. The zero-order valence-electron chi connectivity index (χ0n) is 13.6. The summed E-state index contributed by atoms with van der Waals surface area (Å²) in [5.74, 6) is -3.74. The first-order chi connectivity index (χ1) is 12.5. The molecule has 6 heteroatoms. The average Bonchev–Trinajstić information content (AvgIpc) is 2.65. The number of nitro benzene ring substituents is 1. The molecule has 0 aliphatic heterocycles. The molecule has 0 aliphatic carbocycles. The van der Waals surface area contributed by atoms with Gasteiger partial charge in [-0.25, -0.2) is 0 Å². The summed E-state index contributed by atoms with van der Waals surface area (Å²) in [6.45, 7) is 0. The Morgan fingerprint density at radius 1 is 1.00 bits per heavy atom. The van der Waals surface area contributed by atoms with E-state index in [0.29, 0.717) is 5.56 Å². The molecule has 3 rings (SSSR count). The third kappa shape index (κ3) is 2.98. The van der Waals surface area contributed by atoms with Crippen LogP contribution in [-0.2, 0) is 4.79 Å². The van der Waals surface area contributed by atoms with Crippen LogP contribution in [0.3, 0.4) is 0 Å². The summed E-state index contributed by atoms with van der Waals surface area (Å²) in [6.07, 6.45) is 0. The first-order valence-corrected chi connectivity index (χ1v) is 7.88. The molecule has 3 aromatic carbocycles. The molecule has 0 fully saturated rings. The Morgan fingerprint density at radius 3 is 2.31 bits per heavy atom. The molecular formula is C20H14N2O4. The lowest BCUT2D eigenvalue weighted by Crippen LogP contribution is -2.22. The minimum absolute atomic E-state index is 0.202. The largest absolute Gasteiger partial charge is 0.480 e. The van der Waals surface area contributed by atoms with Crippen LogP contribution in [0.15, 0.2) is 66.7 Å². The van der Waals surface area contributed by atoms with Gasteiger partial charge in [-0.05, 0) is 16.3 Å². The highest BCUT2D eigenvalue weighted by Gasteiger charge is 2.35. The monoisotopic (exact) mass is 346 g/mol. The zero-order valence-corrected chi connectivity index (χ0v) is 13.6.